The molecule has 1 saturated carbocycles. The van der Waals surface area contributed by atoms with Crippen LogP contribution in [0.1, 0.15) is 63.0 Å². The number of hydrogen-bond donors (Lipinski definition) is 0. The Bertz CT molecular complexity index is 1140. The second kappa shape index (κ2) is 14.1. The Morgan fingerprint density at radius 2 is 1.93 bits per heavy atom. The van der Waals surface area contributed by atoms with E-state index < -0.39 is 0 Å². The zero-order valence-corrected chi connectivity index (χ0v) is 24.5. The Balaban J connectivity index is 1.48. The highest BCUT2D eigenvalue weighted by molar-refractivity contribution is 5.76. The normalized spacial score (nSPS) is 24.6. The molecule has 2 aliphatic rings. The van der Waals surface area contributed by atoms with Crippen molar-refractivity contribution in [3.05, 3.63) is 78.4 Å². The molecule has 4 rings (SSSR count). The zero-order valence-electron chi connectivity index (χ0n) is 24.5. The molecule has 1 heterocycles. The lowest BCUT2D eigenvalue weighted by Crippen LogP contribution is -2.61. The molecule has 0 bridgehead atoms. The molecule has 2 fully saturated rings. The van der Waals surface area contributed by atoms with Crippen LogP contribution in [0.2, 0.25) is 0 Å². The molecule has 4 atom stereocenters. The molecular weight excluding hydrogens is 500 g/mol. The highest BCUT2D eigenvalue weighted by atomic mass is 16.5. The first kappa shape index (κ1) is 30.0. The highest BCUT2D eigenvalue weighted by Crippen LogP contribution is 2.51. The van der Waals surface area contributed by atoms with Crippen LogP contribution >= 0.6 is 0 Å². The van der Waals surface area contributed by atoms with Gasteiger partial charge in [-0.05, 0) is 68.3 Å². The Hall–Kier alpha value is -2.96. The van der Waals surface area contributed by atoms with E-state index in [1.54, 1.807) is 7.11 Å². The number of likely N-dealkylation sites (tertiary alicyclic amines) is 1. The maximum absolute atomic E-state index is 13.4. The molecule has 40 heavy (non-hydrogen) atoms. The summed E-state index contributed by atoms with van der Waals surface area (Å²) in [5, 5.41) is 0. The Morgan fingerprint density at radius 1 is 1.12 bits per heavy atom. The van der Waals surface area contributed by atoms with E-state index >= 15 is 0 Å². The van der Waals surface area contributed by atoms with Crippen LogP contribution in [0.15, 0.2) is 67.3 Å². The Labute approximate surface area is 240 Å². The van der Waals surface area contributed by atoms with Gasteiger partial charge >= 0.3 is 5.97 Å². The lowest BCUT2D eigenvalue weighted by Gasteiger charge is -2.56. The van der Waals surface area contributed by atoms with Gasteiger partial charge in [-0.1, -0.05) is 55.0 Å². The van der Waals surface area contributed by atoms with Crippen LogP contribution in [-0.4, -0.2) is 67.6 Å². The first-order valence-electron chi connectivity index (χ1n) is 14.8. The van der Waals surface area contributed by atoms with E-state index in [1.807, 2.05) is 42.3 Å². The predicted octanol–water partition coefficient (Wildman–Crippen LogP) is 5.80. The van der Waals surface area contributed by atoms with Gasteiger partial charge in [0, 0.05) is 58.0 Å². The van der Waals surface area contributed by atoms with Crippen molar-refractivity contribution in [2.45, 2.75) is 75.9 Å². The third kappa shape index (κ3) is 7.21. The summed E-state index contributed by atoms with van der Waals surface area (Å²) in [4.78, 5) is 29.5. The van der Waals surface area contributed by atoms with Gasteiger partial charge in [0.05, 0.1) is 6.10 Å². The number of unbranched alkanes of at least 4 members (excludes halogenated alkanes) is 2. The van der Waals surface area contributed by atoms with Crippen molar-refractivity contribution >= 4 is 11.9 Å². The van der Waals surface area contributed by atoms with Crippen LogP contribution in [0.3, 0.4) is 0 Å². The molecule has 2 aromatic carbocycles. The lowest BCUT2D eigenvalue weighted by atomic mass is 9.56. The van der Waals surface area contributed by atoms with Crippen molar-refractivity contribution in [1.29, 1.82) is 0 Å². The fourth-order valence-electron chi connectivity index (χ4n) is 6.97. The van der Waals surface area contributed by atoms with Crippen LogP contribution in [-0.2, 0) is 26.2 Å². The van der Waals surface area contributed by atoms with Gasteiger partial charge < -0.3 is 14.4 Å². The largest absolute Gasteiger partial charge is 0.427 e. The van der Waals surface area contributed by atoms with Crippen LogP contribution in [0.4, 0.5) is 0 Å². The fraction of sp³-hybridized carbons (Fsp3) is 0.529. The molecule has 0 N–H and O–H groups in total. The SMILES string of the molecule is C=CCN1CC[C@@]2(c3cccc(OC(C)=O)c3)C[C@H](N(C)C(=O)CCCCCc3ccccc3)CC(OC)[C@@H]2C1. The van der Waals surface area contributed by atoms with E-state index in [0.717, 1.165) is 64.6 Å². The van der Waals surface area contributed by atoms with Gasteiger partial charge in [-0.2, -0.15) is 0 Å². The summed E-state index contributed by atoms with van der Waals surface area (Å²) in [6.45, 7) is 8.09. The molecule has 1 saturated heterocycles. The summed E-state index contributed by atoms with van der Waals surface area (Å²) < 4.78 is 11.6. The number of nitrogens with zero attached hydrogens (tertiary/aromatic N) is 2. The van der Waals surface area contributed by atoms with Gasteiger partial charge in [0.15, 0.2) is 0 Å². The fourth-order valence-corrected chi connectivity index (χ4v) is 6.97. The summed E-state index contributed by atoms with van der Waals surface area (Å²) in [6.07, 6.45) is 9.32. The van der Waals surface area contributed by atoms with E-state index in [0.29, 0.717) is 12.2 Å². The van der Waals surface area contributed by atoms with Gasteiger partial charge in [0.25, 0.3) is 0 Å². The minimum atomic E-state index is -0.322. The summed E-state index contributed by atoms with van der Waals surface area (Å²) >= 11 is 0. The van der Waals surface area contributed by atoms with E-state index in [1.165, 1.54) is 18.1 Å². The number of methoxy groups -OCH3 is 1. The smallest absolute Gasteiger partial charge is 0.308 e. The first-order chi connectivity index (χ1) is 19.4. The molecule has 1 amide bonds. The van der Waals surface area contributed by atoms with Gasteiger partial charge in [-0.15, -0.1) is 6.58 Å². The quantitative estimate of drug-likeness (QED) is 0.146. The van der Waals surface area contributed by atoms with E-state index in [4.69, 9.17) is 9.47 Å². The molecule has 1 unspecified atom stereocenters. The number of aryl methyl sites for hydroxylation is 1. The van der Waals surface area contributed by atoms with Crippen molar-refractivity contribution in [3.8, 4) is 5.75 Å². The molecule has 6 nitrogen and oxygen atoms in total. The van der Waals surface area contributed by atoms with Crippen LogP contribution < -0.4 is 4.74 Å². The number of esters is 1. The number of hydrogen-bond acceptors (Lipinski definition) is 5. The Kier molecular flexibility index (Phi) is 10.6. The molecule has 1 aliphatic heterocycles. The summed E-state index contributed by atoms with van der Waals surface area (Å²) in [6, 6.07) is 18.6. The second-order valence-corrected chi connectivity index (χ2v) is 11.6. The maximum Gasteiger partial charge on any atom is 0.308 e. The van der Waals surface area contributed by atoms with Gasteiger partial charge in [0.1, 0.15) is 5.75 Å². The zero-order chi connectivity index (χ0) is 28.5. The maximum atomic E-state index is 13.4. The van der Waals surface area contributed by atoms with E-state index in [2.05, 4.69) is 41.8 Å². The molecule has 2 aromatic rings. The molecule has 1 aliphatic carbocycles. The van der Waals surface area contributed by atoms with Gasteiger partial charge in [-0.3, -0.25) is 14.5 Å². The minimum Gasteiger partial charge on any atom is -0.427 e. The predicted molar refractivity (Wildman–Crippen MR) is 159 cm³/mol. The van der Waals surface area contributed by atoms with Gasteiger partial charge in [0.2, 0.25) is 5.91 Å². The van der Waals surface area contributed by atoms with E-state index in [-0.39, 0.29) is 35.4 Å². The standard InChI is InChI=1S/C34H46N2O4/c1-5-20-36-21-19-34(28-16-12-17-30(22-28)40-26(2)37)24-29(23-32(39-4)31(34)25-36)35(3)33(38)18-11-7-10-15-27-13-8-6-9-14-27/h5-6,8-9,12-14,16-17,22,29,31-32H,1,7,10-11,15,18-21,23-25H2,2-4H3/t29-,31+,32?,34+/m1/s1. The Morgan fingerprint density at radius 3 is 2.65 bits per heavy atom. The van der Waals surface area contributed by atoms with E-state index in [9.17, 15) is 9.59 Å². The summed E-state index contributed by atoms with van der Waals surface area (Å²) in [5.74, 6) is 0.725. The third-order valence-electron chi connectivity index (χ3n) is 9.09. The summed E-state index contributed by atoms with van der Waals surface area (Å²) in [7, 11) is 3.77. The number of carbonyl (C=O) groups excluding carboxylic acids is 2. The van der Waals surface area contributed by atoms with Gasteiger partial charge in [-0.25, -0.2) is 0 Å². The number of amides is 1. The number of ether oxygens (including phenoxy) is 2. The first-order valence-corrected chi connectivity index (χ1v) is 14.8. The van der Waals surface area contributed by atoms with Crippen molar-refractivity contribution in [2.24, 2.45) is 5.92 Å². The number of piperidine rings is 1. The number of rotatable bonds is 12. The average molecular weight is 547 g/mol. The third-order valence-corrected chi connectivity index (χ3v) is 9.09. The number of fused-ring (bicyclic) bond motifs is 1. The van der Waals surface area contributed by atoms with Crippen molar-refractivity contribution in [2.75, 3.05) is 33.8 Å². The monoisotopic (exact) mass is 546 g/mol. The van der Waals surface area contributed by atoms with Crippen LogP contribution in [0.25, 0.3) is 0 Å². The number of carbonyl (C=O) groups is 2. The molecule has 216 valence electrons. The van der Waals surface area contributed by atoms with Crippen LogP contribution in [0.5, 0.6) is 5.75 Å². The topological polar surface area (TPSA) is 59.1 Å². The van der Waals surface area contributed by atoms with Crippen molar-refractivity contribution in [3.63, 3.8) is 0 Å². The average Bonchev–Trinajstić information content (AvgIpc) is 2.96. The molecule has 0 spiro atoms. The molecular formula is C34H46N2O4. The van der Waals surface area contributed by atoms with Crippen molar-refractivity contribution < 1.29 is 19.1 Å². The highest BCUT2D eigenvalue weighted by Gasteiger charge is 2.53. The molecule has 0 radical (unpaired) electrons. The number of benzene rings is 2. The van der Waals surface area contributed by atoms with Crippen molar-refractivity contribution in [1.82, 2.24) is 9.80 Å². The van der Waals surface area contributed by atoms with Crippen LogP contribution in [0, 0.1) is 5.92 Å². The molecule has 0 aromatic heterocycles. The second-order valence-electron chi connectivity index (χ2n) is 11.6. The summed E-state index contributed by atoms with van der Waals surface area (Å²) in [5.41, 5.74) is 2.35. The lowest BCUT2D eigenvalue weighted by molar-refractivity contribution is -0.138. The minimum absolute atomic E-state index is 0.0184. The molecule has 6 heteroatoms.